The van der Waals surface area contributed by atoms with Gasteiger partial charge in [0.15, 0.2) is 0 Å². The molecule has 4 heteroatoms. The van der Waals surface area contributed by atoms with Crippen molar-refractivity contribution in [2.75, 3.05) is 18.0 Å². The summed E-state index contributed by atoms with van der Waals surface area (Å²) in [7, 11) is 0. The maximum atomic E-state index is 4.23. The Morgan fingerprint density at radius 2 is 1.75 bits per heavy atom. The molecule has 0 spiro atoms. The molecule has 0 aliphatic carbocycles. The van der Waals surface area contributed by atoms with Gasteiger partial charge in [0.25, 0.3) is 0 Å². The van der Waals surface area contributed by atoms with E-state index < -0.39 is 0 Å². The Bertz CT molecular complexity index is 254. The number of nitrogens with zero attached hydrogens (tertiary/aromatic N) is 3. The Morgan fingerprint density at radius 1 is 1.17 bits per heavy atom. The number of aromatic nitrogens is 2. The average molecular weight is 228 g/mol. The van der Waals surface area contributed by atoms with Gasteiger partial charge in [-0.05, 0) is 28.8 Å². The zero-order valence-electron chi connectivity index (χ0n) is 6.70. The van der Waals surface area contributed by atoms with Gasteiger partial charge in [0.1, 0.15) is 0 Å². The van der Waals surface area contributed by atoms with E-state index in [0.717, 1.165) is 23.5 Å². The van der Waals surface area contributed by atoms with Crippen molar-refractivity contribution in [1.82, 2.24) is 9.97 Å². The number of anilines is 1. The molecule has 0 unspecified atom stereocenters. The maximum absolute atomic E-state index is 4.23. The van der Waals surface area contributed by atoms with Crippen LogP contribution in [0.4, 0.5) is 5.95 Å². The monoisotopic (exact) mass is 227 g/mol. The second-order valence-electron chi connectivity index (χ2n) is 2.90. The topological polar surface area (TPSA) is 29.0 Å². The quantitative estimate of drug-likeness (QED) is 0.734. The standard InChI is InChI=1S/C8H10BrN3/c9-7-5-10-8(11-6-7)12-3-1-2-4-12/h5-6H,1-4H2. The molecule has 0 saturated carbocycles. The van der Waals surface area contributed by atoms with Gasteiger partial charge in [-0.3, -0.25) is 0 Å². The molecule has 0 radical (unpaired) electrons. The van der Waals surface area contributed by atoms with Crippen LogP contribution in [0.2, 0.25) is 0 Å². The third kappa shape index (κ3) is 1.58. The Hall–Kier alpha value is -0.640. The summed E-state index contributed by atoms with van der Waals surface area (Å²) in [5.41, 5.74) is 0. The molecule has 3 nitrogen and oxygen atoms in total. The van der Waals surface area contributed by atoms with Crippen molar-refractivity contribution in [2.24, 2.45) is 0 Å². The Balaban J connectivity index is 2.17. The second-order valence-corrected chi connectivity index (χ2v) is 3.81. The minimum absolute atomic E-state index is 0.857. The van der Waals surface area contributed by atoms with Crippen molar-refractivity contribution in [3.05, 3.63) is 16.9 Å². The van der Waals surface area contributed by atoms with Crippen molar-refractivity contribution < 1.29 is 0 Å². The molecule has 0 bridgehead atoms. The van der Waals surface area contributed by atoms with Crippen LogP contribution in [0, 0.1) is 0 Å². The van der Waals surface area contributed by atoms with Gasteiger partial charge in [0, 0.05) is 25.5 Å². The largest absolute Gasteiger partial charge is 0.341 e. The molecular formula is C8H10BrN3. The Kier molecular flexibility index (Phi) is 2.26. The third-order valence-electron chi connectivity index (χ3n) is 2.00. The molecule has 2 rings (SSSR count). The zero-order valence-corrected chi connectivity index (χ0v) is 8.29. The SMILES string of the molecule is Brc1cnc(N2CCCC2)nc1. The van der Waals surface area contributed by atoms with Crippen molar-refractivity contribution >= 4 is 21.9 Å². The van der Waals surface area contributed by atoms with E-state index in [1.807, 2.05) is 0 Å². The molecule has 2 heterocycles. The molecule has 0 atom stereocenters. The summed E-state index contributed by atoms with van der Waals surface area (Å²) in [6.45, 7) is 2.20. The summed E-state index contributed by atoms with van der Waals surface area (Å²) < 4.78 is 0.936. The highest BCUT2D eigenvalue weighted by Gasteiger charge is 2.13. The number of halogens is 1. The minimum Gasteiger partial charge on any atom is -0.341 e. The molecule has 1 fully saturated rings. The number of hydrogen-bond donors (Lipinski definition) is 0. The van der Waals surface area contributed by atoms with Crippen LogP contribution in [-0.2, 0) is 0 Å². The second kappa shape index (κ2) is 3.39. The van der Waals surface area contributed by atoms with E-state index >= 15 is 0 Å². The molecule has 1 aliphatic heterocycles. The molecule has 1 saturated heterocycles. The van der Waals surface area contributed by atoms with Crippen LogP contribution in [0.25, 0.3) is 0 Å². The fourth-order valence-electron chi connectivity index (χ4n) is 1.39. The van der Waals surface area contributed by atoms with Crippen molar-refractivity contribution in [3.63, 3.8) is 0 Å². The lowest BCUT2D eigenvalue weighted by molar-refractivity contribution is 0.896. The van der Waals surface area contributed by atoms with Gasteiger partial charge in [-0.2, -0.15) is 0 Å². The van der Waals surface area contributed by atoms with E-state index in [4.69, 9.17) is 0 Å². The van der Waals surface area contributed by atoms with Crippen molar-refractivity contribution in [2.45, 2.75) is 12.8 Å². The molecule has 1 aromatic rings. The highest BCUT2D eigenvalue weighted by molar-refractivity contribution is 9.10. The highest BCUT2D eigenvalue weighted by Crippen LogP contribution is 2.15. The summed E-state index contributed by atoms with van der Waals surface area (Å²) in [6, 6.07) is 0. The fourth-order valence-corrected chi connectivity index (χ4v) is 1.59. The normalized spacial score (nSPS) is 16.9. The van der Waals surface area contributed by atoms with E-state index in [-0.39, 0.29) is 0 Å². The Morgan fingerprint density at radius 3 is 2.33 bits per heavy atom. The summed E-state index contributed by atoms with van der Waals surface area (Å²) >= 11 is 3.31. The van der Waals surface area contributed by atoms with E-state index in [0.29, 0.717) is 0 Å². The summed E-state index contributed by atoms with van der Waals surface area (Å²) in [5.74, 6) is 0.857. The lowest BCUT2D eigenvalue weighted by atomic mass is 10.4. The zero-order chi connectivity index (χ0) is 8.39. The van der Waals surface area contributed by atoms with Crippen LogP contribution in [0.3, 0.4) is 0 Å². The minimum atomic E-state index is 0.857. The number of hydrogen-bond acceptors (Lipinski definition) is 3. The smallest absolute Gasteiger partial charge is 0.225 e. The first-order valence-corrected chi connectivity index (χ1v) is 4.88. The summed E-state index contributed by atoms with van der Waals surface area (Å²) in [4.78, 5) is 10.7. The van der Waals surface area contributed by atoms with E-state index in [1.54, 1.807) is 12.4 Å². The lowest BCUT2D eigenvalue weighted by Crippen LogP contribution is -2.19. The van der Waals surface area contributed by atoms with E-state index in [2.05, 4.69) is 30.8 Å². The van der Waals surface area contributed by atoms with Crippen molar-refractivity contribution in [1.29, 1.82) is 0 Å². The predicted molar refractivity (Wildman–Crippen MR) is 51.2 cm³/mol. The first kappa shape index (κ1) is 7.98. The third-order valence-corrected chi connectivity index (χ3v) is 2.41. The summed E-state index contributed by atoms with van der Waals surface area (Å²) in [6.07, 6.45) is 6.11. The van der Waals surface area contributed by atoms with Gasteiger partial charge >= 0.3 is 0 Å². The first-order valence-electron chi connectivity index (χ1n) is 4.09. The summed E-state index contributed by atoms with van der Waals surface area (Å²) in [5, 5.41) is 0. The predicted octanol–water partition coefficient (Wildman–Crippen LogP) is 1.84. The van der Waals surface area contributed by atoms with Gasteiger partial charge in [-0.1, -0.05) is 0 Å². The molecule has 12 heavy (non-hydrogen) atoms. The van der Waals surface area contributed by atoms with E-state index in [9.17, 15) is 0 Å². The molecule has 64 valence electrons. The molecule has 1 aromatic heterocycles. The first-order chi connectivity index (χ1) is 5.86. The molecular weight excluding hydrogens is 218 g/mol. The molecule has 0 aromatic carbocycles. The van der Waals surface area contributed by atoms with Gasteiger partial charge in [-0.25, -0.2) is 9.97 Å². The fraction of sp³-hybridized carbons (Fsp3) is 0.500. The van der Waals surface area contributed by atoms with Crippen molar-refractivity contribution in [3.8, 4) is 0 Å². The number of rotatable bonds is 1. The molecule has 0 amide bonds. The van der Waals surface area contributed by atoms with Crippen LogP contribution in [-0.4, -0.2) is 23.1 Å². The molecule has 0 N–H and O–H groups in total. The molecule has 1 aliphatic rings. The van der Waals surface area contributed by atoms with Crippen LogP contribution in [0.15, 0.2) is 16.9 Å². The van der Waals surface area contributed by atoms with Crippen LogP contribution in [0.5, 0.6) is 0 Å². The highest BCUT2D eigenvalue weighted by atomic mass is 79.9. The van der Waals surface area contributed by atoms with Crippen LogP contribution < -0.4 is 4.90 Å². The lowest BCUT2D eigenvalue weighted by Gasteiger charge is -2.13. The van der Waals surface area contributed by atoms with Gasteiger partial charge in [0.05, 0.1) is 4.47 Å². The van der Waals surface area contributed by atoms with Gasteiger partial charge in [-0.15, -0.1) is 0 Å². The van der Waals surface area contributed by atoms with Crippen LogP contribution >= 0.6 is 15.9 Å². The Labute approximate surface area is 80.0 Å². The average Bonchev–Trinajstić information content (AvgIpc) is 2.58. The van der Waals surface area contributed by atoms with Gasteiger partial charge < -0.3 is 4.90 Å². The van der Waals surface area contributed by atoms with Crippen LogP contribution in [0.1, 0.15) is 12.8 Å². The van der Waals surface area contributed by atoms with E-state index in [1.165, 1.54) is 12.8 Å². The van der Waals surface area contributed by atoms with Gasteiger partial charge in [0.2, 0.25) is 5.95 Å². The maximum Gasteiger partial charge on any atom is 0.225 e.